The molecule has 0 atom stereocenters. The molecule has 0 spiro atoms. The number of benzene rings is 1. The molecule has 0 unspecified atom stereocenters. The summed E-state index contributed by atoms with van der Waals surface area (Å²) < 4.78 is 0. The first kappa shape index (κ1) is 12.3. The van der Waals surface area contributed by atoms with Crippen molar-refractivity contribution in [2.45, 2.75) is 6.92 Å². The van der Waals surface area contributed by atoms with Gasteiger partial charge in [-0.25, -0.2) is 4.98 Å². The first-order valence-electron chi connectivity index (χ1n) is 5.83. The van der Waals surface area contributed by atoms with Crippen molar-refractivity contribution in [3.05, 3.63) is 53.7 Å². The summed E-state index contributed by atoms with van der Waals surface area (Å²) in [5.41, 5.74) is 3.52. The van der Waals surface area contributed by atoms with Gasteiger partial charge in [-0.1, -0.05) is 35.9 Å². The Morgan fingerprint density at radius 2 is 1.72 bits per heavy atom. The maximum Gasteiger partial charge on any atom is 0.271 e. The topological polar surface area (TPSA) is 33.2 Å². The number of nitrogens with zero attached hydrogens (tertiary/aromatic N) is 2. The van der Waals surface area contributed by atoms with Gasteiger partial charge in [0.25, 0.3) is 5.91 Å². The molecule has 0 aliphatic rings. The third kappa shape index (κ3) is 2.56. The predicted octanol–water partition coefficient (Wildman–Crippen LogP) is 2.76. The number of pyridine rings is 1. The van der Waals surface area contributed by atoms with E-state index < -0.39 is 0 Å². The van der Waals surface area contributed by atoms with Crippen LogP contribution in [0.5, 0.6) is 0 Å². The first-order chi connectivity index (χ1) is 8.58. The third-order valence-electron chi connectivity index (χ3n) is 2.72. The number of carbonyl (C=O) groups excluding carboxylic acids is 1. The van der Waals surface area contributed by atoms with Crippen molar-refractivity contribution in [1.29, 1.82) is 0 Å². The highest BCUT2D eigenvalue weighted by Crippen LogP contribution is 2.18. The lowest BCUT2D eigenvalue weighted by Gasteiger charge is -2.10. The van der Waals surface area contributed by atoms with Crippen LogP contribution >= 0.6 is 0 Å². The van der Waals surface area contributed by atoms with Crippen molar-refractivity contribution >= 4 is 5.91 Å². The molecule has 0 saturated heterocycles. The second-order valence-electron chi connectivity index (χ2n) is 4.47. The lowest BCUT2D eigenvalue weighted by molar-refractivity contribution is 0.0822. The van der Waals surface area contributed by atoms with E-state index in [1.165, 1.54) is 10.5 Å². The van der Waals surface area contributed by atoms with E-state index in [9.17, 15) is 4.79 Å². The minimum atomic E-state index is -0.0797. The van der Waals surface area contributed by atoms with Crippen LogP contribution in [0.4, 0.5) is 0 Å². The molecule has 1 aromatic carbocycles. The van der Waals surface area contributed by atoms with Gasteiger partial charge < -0.3 is 4.90 Å². The first-order valence-corrected chi connectivity index (χ1v) is 5.83. The fourth-order valence-electron chi connectivity index (χ4n) is 1.67. The molecule has 18 heavy (non-hydrogen) atoms. The Balaban J connectivity index is 2.38. The quantitative estimate of drug-likeness (QED) is 0.808. The average Bonchev–Trinajstić information content (AvgIpc) is 2.38. The van der Waals surface area contributed by atoms with Crippen LogP contribution in [0.3, 0.4) is 0 Å². The van der Waals surface area contributed by atoms with Crippen molar-refractivity contribution in [2.24, 2.45) is 0 Å². The second-order valence-corrected chi connectivity index (χ2v) is 4.47. The zero-order chi connectivity index (χ0) is 13.1. The Hall–Kier alpha value is -2.16. The van der Waals surface area contributed by atoms with Gasteiger partial charge in [0.1, 0.15) is 5.69 Å². The zero-order valence-corrected chi connectivity index (χ0v) is 10.8. The van der Waals surface area contributed by atoms with E-state index in [-0.39, 0.29) is 5.91 Å². The fraction of sp³-hybridized carbons (Fsp3) is 0.200. The molecule has 0 fully saturated rings. The molecule has 1 aromatic heterocycles. The highest BCUT2D eigenvalue weighted by Gasteiger charge is 2.10. The molecular weight excluding hydrogens is 224 g/mol. The molecule has 2 aromatic rings. The number of aryl methyl sites for hydroxylation is 1. The summed E-state index contributed by atoms with van der Waals surface area (Å²) in [6, 6.07) is 13.6. The summed E-state index contributed by atoms with van der Waals surface area (Å²) in [5, 5.41) is 0. The van der Waals surface area contributed by atoms with Crippen molar-refractivity contribution in [3.8, 4) is 11.3 Å². The Kier molecular flexibility index (Phi) is 3.42. The number of amides is 1. The minimum absolute atomic E-state index is 0.0797. The minimum Gasteiger partial charge on any atom is -0.343 e. The van der Waals surface area contributed by atoms with Crippen LogP contribution in [0.2, 0.25) is 0 Å². The van der Waals surface area contributed by atoms with E-state index in [4.69, 9.17) is 0 Å². The van der Waals surface area contributed by atoms with Gasteiger partial charge in [0.15, 0.2) is 0 Å². The molecule has 0 bridgehead atoms. The van der Waals surface area contributed by atoms with Gasteiger partial charge in [-0.05, 0) is 19.1 Å². The number of carbonyl (C=O) groups is 1. The summed E-state index contributed by atoms with van der Waals surface area (Å²) in [5.74, 6) is -0.0797. The standard InChI is InChI=1S/C15H16N2O/c1-11-7-9-12(10-8-11)13-5-4-6-14(16-13)15(18)17(2)3/h4-10H,1-3H3. The van der Waals surface area contributed by atoms with E-state index in [0.717, 1.165) is 11.3 Å². The van der Waals surface area contributed by atoms with Crippen LogP contribution in [-0.2, 0) is 0 Å². The Morgan fingerprint density at radius 3 is 2.33 bits per heavy atom. The molecule has 0 radical (unpaired) electrons. The SMILES string of the molecule is Cc1ccc(-c2cccc(C(=O)N(C)C)n2)cc1. The average molecular weight is 240 g/mol. The van der Waals surface area contributed by atoms with Crippen LogP contribution in [0.25, 0.3) is 11.3 Å². The molecule has 92 valence electrons. The number of hydrogen-bond acceptors (Lipinski definition) is 2. The van der Waals surface area contributed by atoms with Crippen LogP contribution in [0.1, 0.15) is 16.1 Å². The summed E-state index contributed by atoms with van der Waals surface area (Å²) in [4.78, 5) is 17.8. The fourth-order valence-corrected chi connectivity index (χ4v) is 1.67. The highest BCUT2D eigenvalue weighted by atomic mass is 16.2. The van der Waals surface area contributed by atoms with Crippen molar-refractivity contribution in [1.82, 2.24) is 9.88 Å². The molecule has 0 saturated carbocycles. The van der Waals surface area contributed by atoms with E-state index in [1.54, 1.807) is 20.2 Å². The molecule has 3 heteroatoms. The monoisotopic (exact) mass is 240 g/mol. The van der Waals surface area contributed by atoms with Gasteiger partial charge >= 0.3 is 0 Å². The summed E-state index contributed by atoms with van der Waals surface area (Å²) in [6.45, 7) is 2.04. The molecule has 2 rings (SSSR count). The van der Waals surface area contributed by atoms with Gasteiger partial charge in [-0.3, -0.25) is 4.79 Å². The molecule has 1 heterocycles. The van der Waals surface area contributed by atoms with Crippen LogP contribution in [0.15, 0.2) is 42.5 Å². The van der Waals surface area contributed by atoms with E-state index in [2.05, 4.69) is 4.98 Å². The van der Waals surface area contributed by atoms with Crippen LogP contribution < -0.4 is 0 Å². The normalized spacial score (nSPS) is 10.2. The van der Waals surface area contributed by atoms with Crippen molar-refractivity contribution in [2.75, 3.05) is 14.1 Å². The smallest absolute Gasteiger partial charge is 0.271 e. The Bertz CT molecular complexity index is 559. The number of rotatable bonds is 2. The number of aromatic nitrogens is 1. The van der Waals surface area contributed by atoms with Gasteiger partial charge in [-0.2, -0.15) is 0 Å². The molecule has 1 amide bonds. The molecule has 0 aliphatic heterocycles. The summed E-state index contributed by atoms with van der Waals surface area (Å²) in [7, 11) is 3.45. The van der Waals surface area contributed by atoms with Gasteiger partial charge in [-0.15, -0.1) is 0 Å². The van der Waals surface area contributed by atoms with Gasteiger partial charge in [0.05, 0.1) is 5.69 Å². The van der Waals surface area contributed by atoms with E-state index in [1.807, 2.05) is 43.3 Å². The summed E-state index contributed by atoms with van der Waals surface area (Å²) >= 11 is 0. The molecular formula is C15H16N2O. The van der Waals surface area contributed by atoms with Crippen molar-refractivity contribution < 1.29 is 4.79 Å². The predicted molar refractivity (Wildman–Crippen MR) is 72.4 cm³/mol. The highest BCUT2D eigenvalue weighted by molar-refractivity contribution is 5.92. The maximum absolute atomic E-state index is 11.8. The molecule has 0 N–H and O–H groups in total. The largest absolute Gasteiger partial charge is 0.343 e. The maximum atomic E-state index is 11.8. The van der Waals surface area contributed by atoms with E-state index >= 15 is 0 Å². The lowest BCUT2D eigenvalue weighted by atomic mass is 10.1. The number of hydrogen-bond donors (Lipinski definition) is 0. The van der Waals surface area contributed by atoms with Crippen molar-refractivity contribution in [3.63, 3.8) is 0 Å². The molecule has 3 nitrogen and oxygen atoms in total. The third-order valence-corrected chi connectivity index (χ3v) is 2.72. The summed E-state index contributed by atoms with van der Waals surface area (Å²) in [6.07, 6.45) is 0. The lowest BCUT2D eigenvalue weighted by Crippen LogP contribution is -2.22. The van der Waals surface area contributed by atoms with E-state index in [0.29, 0.717) is 5.69 Å². The second kappa shape index (κ2) is 5.00. The molecule has 0 aliphatic carbocycles. The zero-order valence-electron chi connectivity index (χ0n) is 10.8. The van der Waals surface area contributed by atoms with Crippen LogP contribution in [0, 0.1) is 6.92 Å². The van der Waals surface area contributed by atoms with Gasteiger partial charge in [0.2, 0.25) is 0 Å². The van der Waals surface area contributed by atoms with Gasteiger partial charge in [0, 0.05) is 19.7 Å². The van der Waals surface area contributed by atoms with Crippen LogP contribution in [-0.4, -0.2) is 29.9 Å². The Labute approximate surface area is 107 Å². The Morgan fingerprint density at radius 1 is 1.06 bits per heavy atom.